The Kier molecular flexibility index (Phi) is 4.95. The van der Waals surface area contributed by atoms with E-state index in [0.717, 1.165) is 68.6 Å². The Hall–Kier alpha value is -1.93. The number of ether oxygens (including phenoxy) is 1. The van der Waals surface area contributed by atoms with Crippen molar-refractivity contribution < 1.29 is 9.53 Å². The van der Waals surface area contributed by atoms with Crippen LogP contribution in [0.2, 0.25) is 0 Å². The Balaban J connectivity index is 1.37. The summed E-state index contributed by atoms with van der Waals surface area (Å²) in [5.41, 5.74) is 0. The van der Waals surface area contributed by atoms with Gasteiger partial charge in [-0.2, -0.15) is 0 Å². The molecule has 4 heterocycles. The maximum absolute atomic E-state index is 11.6. The van der Waals surface area contributed by atoms with Crippen molar-refractivity contribution in [2.75, 3.05) is 51.3 Å². The highest BCUT2D eigenvalue weighted by atomic mass is 32.1. The van der Waals surface area contributed by atoms with Gasteiger partial charge in [-0.05, 0) is 31.2 Å². The average Bonchev–Trinajstić information content (AvgIpc) is 3.15. The number of aromatic nitrogens is 2. The lowest BCUT2D eigenvalue weighted by atomic mass is 10.0. The highest BCUT2D eigenvalue weighted by Gasteiger charge is 2.30. The number of methoxy groups -OCH3 is 1. The van der Waals surface area contributed by atoms with E-state index in [1.165, 1.54) is 12.5 Å². The van der Waals surface area contributed by atoms with E-state index in [1.807, 2.05) is 6.92 Å². The molecule has 0 unspecified atom stereocenters. The lowest BCUT2D eigenvalue weighted by molar-refractivity contribution is 0.0686. The molecule has 0 N–H and O–H groups in total. The fourth-order valence-electron chi connectivity index (χ4n) is 4.03. The molecular weight excluding hydrogens is 350 g/mol. The first kappa shape index (κ1) is 17.5. The van der Waals surface area contributed by atoms with Crippen LogP contribution in [0.3, 0.4) is 0 Å². The average molecular weight is 375 g/mol. The molecule has 2 fully saturated rings. The topological polar surface area (TPSA) is 61.8 Å². The molecular formula is C18H25N5O2S. The standard InChI is InChI=1S/C18H25N5O2S/c1-13-19-16(15-5-12-26-17(15)20-13)22-6-3-14(4-7-22)21-8-10-23(11-9-21)18(24)25-2/h5,12,14H,3-4,6-11H2,1-2H3. The van der Waals surface area contributed by atoms with Crippen molar-refractivity contribution in [3.8, 4) is 0 Å². The maximum Gasteiger partial charge on any atom is 0.409 e. The first-order valence-corrected chi connectivity index (χ1v) is 10.1. The molecule has 0 bridgehead atoms. The largest absolute Gasteiger partial charge is 0.453 e. The summed E-state index contributed by atoms with van der Waals surface area (Å²) < 4.78 is 4.82. The van der Waals surface area contributed by atoms with Crippen molar-refractivity contribution in [2.24, 2.45) is 0 Å². The molecule has 2 aromatic rings. The van der Waals surface area contributed by atoms with Crippen LogP contribution in [0.1, 0.15) is 18.7 Å². The van der Waals surface area contributed by atoms with Crippen LogP contribution in [0.15, 0.2) is 11.4 Å². The van der Waals surface area contributed by atoms with Crippen molar-refractivity contribution in [3.05, 3.63) is 17.3 Å². The third-order valence-corrected chi connectivity index (χ3v) is 6.25. The van der Waals surface area contributed by atoms with Gasteiger partial charge in [0.15, 0.2) is 0 Å². The number of piperidine rings is 1. The first-order chi connectivity index (χ1) is 12.7. The van der Waals surface area contributed by atoms with Crippen molar-refractivity contribution in [3.63, 3.8) is 0 Å². The number of carbonyl (C=O) groups is 1. The summed E-state index contributed by atoms with van der Waals surface area (Å²) in [5, 5.41) is 3.27. The van der Waals surface area contributed by atoms with Crippen LogP contribution in [-0.4, -0.2) is 78.3 Å². The Labute approximate surface area is 157 Å². The second kappa shape index (κ2) is 7.36. The molecule has 2 aliphatic rings. The van der Waals surface area contributed by atoms with Crippen LogP contribution in [0.25, 0.3) is 10.2 Å². The molecule has 140 valence electrons. The van der Waals surface area contributed by atoms with Gasteiger partial charge in [0.05, 0.1) is 12.5 Å². The van der Waals surface area contributed by atoms with Gasteiger partial charge in [-0.15, -0.1) is 11.3 Å². The number of rotatable bonds is 2. The third-order valence-electron chi connectivity index (χ3n) is 5.44. The van der Waals surface area contributed by atoms with E-state index in [-0.39, 0.29) is 6.09 Å². The number of fused-ring (bicyclic) bond motifs is 1. The molecule has 4 rings (SSSR count). The van der Waals surface area contributed by atoms with Crippen LogP contribution in [-0.2, 0) is 4.74 Å². The van der Waals surface area contributed by atoms with Gasteiger partial charge in [-0.3, -0.25) is 4.90 Å². The first-order valence-electron chi connectivity index (χ1n) is 9.19. The third kappa shape index (κ3) is 3.35. The summed E-state index contributed by atoms with van der Waals surface area (Å²) in [7, 11) is 1.45. The quantitative estimate of drug-likeness (QED) is 0.803. The lowest BCUT2D eigenvalue weighted by Gasteiger charge is -2.42. The number of thiophene rings is 1. The summed E-state index contributed by atoms with van der Waals surface area (Å²) in [6.07, 6.45) is 2.05. The zero-order valence-electron chi connectivity index (χ0n) is 15.3. The van der Waals surface area contributed by atoms with E-state index >= 15 is 0 Å². The number of anilines is 1. The van der Waals surface area contributed by atoms with Gasteiger partial charge in [0, 0.05) is 45.3 Å². The van der Waals surface area contributed by atoms with Crippen molar-refractivity contribution in [2.45, 2.75) is 25.8 Å². The minimum absolute atomic E-state index is 0.210. The van der Waals surface area contributed by atoms with E-state index in [9.17, 15) is 4.79 Å². The molecule has 0 atom stereocenters. The number of piperazine rings is 1. The number of amides is 1. The second-order valence-corrected chi connectivity index (χ2v) is 7.84. The van der Waals surface area contributed by atoms with Crippen molar-refractivity contribution >= 4 is 33.5 Å². The fraction of sp³-hybridized carbons (Fsp3) is 0.611. The molecule has 0 spiro atoms. The molecule has 0 radical (unpaired) electrons. The summed E-state index contributed by atoms with van der Waals surface area (Å²) in [5.74, 6) is 1.93. The van der Waals surface area contributed by atoms with Crippen LogP contribution in [0, 0.1) is 6.92 Å². The van der Waals surface area contributed by atoms with Gasteiger partial charge in [0.1, 0.15) is 16.5 Å². The highest BCUT2D eigenvalue weighted by Crippen LogP contribution is 2.30. The van der Waals surface area contributed by atoms with Gasteiger partial charge in [-0.1, -0.05) is 0 Å². The molecule has 26 heavy (non-hydrogen) atoms. The van der Waals surface area contributed by atoms with Gasteiger partial charge in [0.2, 0.25) is 0 Å². The molecule has 0 aromatic carbocycles. The van der Waals surface area contributed by atoms with Crippen LogP contribution in [0.5, 0.6) is 0 Å². The molecule has 0 saturated carbocycles. The molecule has 7 nitrogen and oxygen atoms in total. The van der Waals surface area contributed by atoms with E-state index in [4.69, 9.17) is 9.72 Å². The van der Waals surface area contributed by atoms with Gasteiger partial charge in [-0.25, -0.2) is 14.8 Å². The van der Waals surface area contributed by atoms with Crippen molar-refractivity contribution in [1.29, 1.82) is 0 Å². The maximum atomic E-state index is 11.6. The predicted octanol–water partition coefficient (Wildman–Crippen LogP) is 2.35. The fourth-order valence-corrected chi connectivity index (χ4v) is 4.83. The molecule has 1 amide bonds. The minimum Gasteiger partial charge on any atom is -0.453 e. The second-order valence-electron chi connectivity index (χ2n) is 6.95. The predicted molar refractivity (Wildman–Crippen MR) is 103 cm³/mol. The van der Waals surface area contributed by atoms with Crippen LogP contribution < -0.4 is 4.90 Å². The molecule has 2 aliphatic heterocycles. The minimum atomic E-state index is -0.210. The Bertz CT molecular complexity index is 779. The van der Waals surface area contributed by atoms with E-state index in [1.54, 1.807) is 16.2 Å². The Morgan fingerprint density at radius 2 is 1.88 bits per heavy atom. The van der Waals surface area contributed by atoms with E-state index in [0.29, 0.717) is 6.04 Å². The molecule has 8 heteroatoms. The Morgan fingerprint density at radius 3 is 2.58 bits per heavy atom. The number of hydrogen-bond donors (Lipinski definition) is 0. The number of carbonyl (C=O) groups excluding carboxylic acids is 1. The van der Waals surface area contributed by atoms with Crippen LogP contribution >= 0.6 is 11.3 Å². The highest BCUT2D eigenvalue weighted by molar-refractivity contribution is 7.16. The lowest BCUT2D eigenvalue weighted by Crippen LogP contribution is -2.54. The monoisotopic (exact) mass is 375 g/mol. The van der Waals surface area contributed by atoms with Gasteiger partial charge < -0.3 is 14.5 Å². The van der Waals surface area contributed by atoms with Gasteiger partial charge >= 0.3 is 6.09 Å². The zero-order valence-corrected chi connectivity index (χ0v) is 16.2. The smallest absolute Gasteiger partial charge is 0.409 e. The van der Waals surface area contributed by atoms with Crippen LogP contribution in [0.4, 0.5) is 10.6 Å². The summed E-state index contributed by atoms with van der Waals surface area (Å²) in [6.45, 7) is 7.38. The number of nitrogens with zero attached hydrogens (tertiary/aromatic N) is 5. The van der Waals surface area contributed by atoms with E-state index < -0.39 is 0 Å². The SMILES string of the molecule is COC(=O)N1CCN(C2CCN(c3nc(C)nc4sccc34)CC2)CC1. The number of hydrogen-bond acceptors (Lipinski definition) is 7. The van der Waals surface area contributed by atoms with E-state index in [2.05, 4.69) is 26.2 Å². The summed E-state index contributed by atoms with van der Waals surface area (Å²) >= 11 is 1.68. The normalized spacial score (nSPS) is 19.9. The van der Waals surface area contributed by atoms with Crippen molar-refractivity contribution in [1.82, 2.24) is 19.8 Å². The Morgan fingerprint density at radius 1 is 1.15 bits per heavy atom. The molecule has 0 aliphatic carbocycles. The molecule has 2 aromatic heterocycles. The summed E-state index contributed by atoms with van der Waals surface area (Å²) in [6, 6.07) is 2.72. The zero-order chi connectivity index (χ0) is 18.1. The summed E-state index contributed by atoms with van der Waals surface area (Å²) in [4.78, 5) is 28.7. The molecule has 2 saturated heterocycles. The van der Waals surface area contributed by atoms with Gasteiger partial charge in [0.25, 0.3) is 0 Å². The number of aryl methyl sites for hydroxylation is 1.